The molecule has 0 bridgehead atoms. The molecule has 2 fully saturated rings. The number of carbonyl (C=O) groups excluding carboxylic acids is 2. The van der Waals surface area contributed by atoms with Gasteiger partial charge in [0.25, 0.3) is 0 Å². The molecule has 4 aliphatic rings. The summed E-state index contributed by atoms with van der Waals surface area (Å²) >= 11 is 0. The number of esters is 2. The summed E-state index contributed by atoms with van der Waals surface area (Å²) in [5, 5.41) is 9.73. The highest BCUT2D eigenvalue weighted by Gasteiger charge is 2.54. The minimum atomic E-state index is -1.36. The highest BCUT2D eigenvalue weighted by molar-refractivity contribution is 5.99. The predicted molar refractivity (Wildman–Crippen MR) is 141 cm³/mol. The Morgan fingerprint density at radius 1 is 0.897 bits per heavy atom. The Morgan fingerprint density at radius 2 is 1.51 bits per heavy atom. The number of benzene rings is 3. The van der Waals surface area contributed by atoms with Crippen LogP contribution in [0.15, 0.2) is 54.6 Å². The van der Waals surface area contributed by atoms with E-state index >= 15 is 0 Å². The van der Waals surface area contributed by atoms with Gasteiger partial charge in [0.2, 0.25) is 0 Å². The fourth-order valence-corrected chi connectivity index (χ4v) is 6.14. The molecule has 1 N–H and O–H groups in total. The van der Waals surface area contributed by atoms with Gasteiger partial charge in [-0.2, -0.15) is 0 Å². The van der Waals surface area contributed by atoms with Gasteiger partial charge in [-0.25, -0.2) is 9.59 Å². The first-order valence-electron chi connectivity index (χ1n) is 12.9. The summed E-state index contributed by atoms with van der Waals surface area (Å²) in [7, 11) is 1.39. The van der Waals surface area contributed by atoms with E-state index in [2.05, 4.69) is 16.7 Å². The molecule has 0 radical (unpaired) electrons. The zero-order valence-corrected chi connectivity index (χ0v) is 21.5. The van der Waals surface area contributed by atoms with Crippen molar-refractivity contribution >= 4 is 29.3 Å². The highest BCUT2D eigenvalue weighted by Crippen LogP contribution is 2.57. The highest BCUT2D eigenvalue weighted by atomic mass is 16.6. The zero-order valence-electron chi connectivity index (χ0n) is 21.5. The monoisotopic (exact) mass is 526 g/mol. The van der Waals surface area contributed by atoms with Gasteiger partial charge >= 0.3 is 17.9 Å². The first kappa shape index (κ1) is 23.6. The van der Waals surface area contributed by atoms with Crippen molar-refractivity contribution < 1.29 is 33.7 Å². The number of aromatic carboxylic acids is 1. The van der Waals surface area contributed by atoms with Crippen molar-refractivity contribution in [3.8, 4) is 11.5 Å². The first-order valence-corrected chi connectivity index (χ1v) is 12.9. The summed E-state index contributed by atoms with van der Waals surface area (Å²) in [4.78, 5) is 41.3. The summed E-state index contributed by atoms with van der Waals surface area (Å²) in [5.74, 6) is -0.350. The number of anilines is 2. The lowest BCUT2D eigenvalue weighted by Gasteiger charge is -2.42. The van der Waals surface area contributed by atoms with E-state index in [0.29, 0.717) is 52.8 Å². The molecule has 0 saturated carbocycles. The summed E-state index contributed by atoms with van der Waals surface area (Å²) < 4.78 is 17.6. The molecule has 2 saturated heterocycles. The van der Waals surface area contributed by atoms with Gasteiger partial charge in [-0.15, -0.1) is 0 Å². The number of fused-ring (bicyclic) bond motifs is 6. The van der Waals surface area contributed by atoms with Crippen LogP contribution >= 0.6 is 0 Å². The maximum Gasteiger partial charge on any atom is 0.340 e. The van der Waals surface area contributed by atoms with E-state index in [1.807, 2.05) is 36.4 Å². The second-order valence-electron chi connectivity index (χ2n) is 10.7. The van der Waals surface area contributed by atoms with Gasteiger partial charge in [0, 0.05) is 66.4 Å². The fourth-order valence-electron chi connectivity index (χ4n) is 6.14. The number of hydrogen-bond donors (Lipinski definition) is 1. The quantitative estimate of drug-likeness (QED) is 0.505. The topological polar surface area (TPSA) is 106 Å². The third-order valence-corrected chi connectivity index (χ3v) is 8.23. The maximum atomic E-state index is 13.2. The Kier molecular flexibility index (Phi) is 4.98. The van der Waals surface area contributed by atoms with Crippen LogP contribution in [-0.4, -0.2) is 56.3 Å². The Bertz CT molecular complexity index is 1570. The molecule has 0 amide bonds. The molecular weight excluding hydrogens is 500 g/mol. The number of rotatable bonds is 4. The van der Waals surface area contributed by atoms with Crippen molar-refractivity contribution in [2.45, 2.75) is 12.5 Å². The molecule has 1 spiro atoms. The normalized spacial score (nSPS) is 21.2. The van der Waals surface area contributed by atoms with Crippen LogP contribution in [-0.2, 0) is 19.9 Å². The van der Waals surface area contributed by atoms with Crippen LogP contribution in [0.4, 0.5) is 11.4 Å². The van der Waals surface area contributed by atoms with Crippen LogP contribution in [0.1, 0.15) is 44.3 Å². The molecule has 9 heteroatoms. The maximum absolute atomic E-state index is 13.2. The molecule has 39 heavy (non-hydrogen) atoms. The van der Waals surface area contributed by atoms with Crippen LogP contribution in [0.3, 0.4) is 0 Å². The SMILES string of the molecule is COC(=O)C1CN(c2ccc3c(c2)Oc2cc(N4CC(C)C4)ccc2C32OC(=O)c3ccc(C(=O)O)cc32)C1. The van der Waals surface area contributed by atoms with Crippen LogP contribution in [0, 0.1) is 11.8 Å². The molecule has 198 valence electrons. The average molecular weight is 527 g/mol. The fraction of sp³-hybridized carbons (Fsp3) is 0.300. The number of carboxylic acid groups (broad SMARTS) is 1. The zero-order chi connectivity index (χ0) is 27.1. The standard InChI is InChI=1S/C30H26N2O7/c1-16-12-31(13-16)19-4-7-22-25(10-19)38-26-11-20(32-14-18(15-32)28(35)37-2)5-8-23(26)30(22)24-9-17(27(33)34)3-6-21(24)29(36)39-30/h3-11,16,18H,12-15H2,1-2H3,(H,33,34). The minimum Gasteiger partial charge on any atom is -0.478 e. The number of ether oxygens (including phenoxy) is 3. The van der Waals surface area contributed by atoms with E-state index in [-0.39, 0.29) is 17.5 Å². The lowest BCUT2D eigenvalue weighted by molar-refractivity contribution is -0.146. The van der Waals surface area contributed by atoms with Crippen molar-refractivity contribution in [3.63, 3.8) is 0 Å². The van der Waals surface area contributed by atoms with Crippen LogP contribution < -0.4 is 14.5 Å². The Hall–Kier alpha value is -4.53. The molecule has 0 aromatic heterocycles. The molecule has 1 unspecified atom stereocenters. The van der Waals surface area contributed by atoms with Crippen molar-refractivity contribution in [2.75, 3.05) is 43.1 Å². The van der Waals surface area contributed by atoms with Crippen molar-refractivity contribution in [2.24, 2.45) is 11.8 Å². The average Bonchev–Trinajstić information content (AvgIpc) is 3.17. The Balaban J connectivity index is 1.37. The minimum absolute atomic E-state index is 0.0678. The molecule has 3 aromatic rings. The van der Waals surface area contributed by atoms with Gasteiger partial charge in [-0.05, 0) is 48.4 Å². The van der Waals surface area contributed by atoms with E-state index in [9.17, 15) is 19.5 Å². The largest absolute Gasteiger partial charge is 0.478 e. The van der Waals surface area contributed by atoms with E-state index in [4.69, 9.17) is 14.2 Å². The van der Waals surface area contributed by atoms with Crippen molar-refractivity contribution in [1.29, 1.82) is 0 Å². The smallest absolute Gasteiger partial charge is 0.340 e. The molecule has 3 aromatic carbocycles. The van der Waals surface area contributed by atoms with Gasteiger partial charge in [0.15, 0.2) is 5.60 Å². The lowest BCUT2D eigenvalue weighted by Crippen LogP contribution is -2.50. The second kappa shape index (κ2) is 8.23. The molecular formula is C30H26N2O7. The van der Waals surface area contributed by atoms with Crippen LogP contribution in [0.2, 0.25) is 0 Å². The van der Waals surface area contributed by atoms with E-state index < -0.39 is 17.5 Å². The Morgan fingerprint density at radius 3 is 2.08 bits per heavy atom. The third kappa shape index (κ3) is 3.35. The van der Waals surface area contributed by atoms with Crippen molar-refractivity contribution in [1.82, 2.24) is 0 Å². The molecule has 4 aliphatic heterocycles. The summed E-state index contributed by atoms with van der Waals surface area (Å²) in [5.41, 5.74) is 2.64. The Labute approximate surface area is 224 Å². The third-order valence-electron chi connectivity index (χ3n) is 8.23. The predicted octanol–water partition coefficient (Wildman–Crippen LogP) is 4.02. The number of carboxylic acids is 1. The lowest BCUT2D eigenvalue weighted by atomic mass is 9.77. The van der Waals surface area contributed by atoms with Gasteiger partial charge in [0.1, 0.15) is 11.5 Å². The summed E-state index contributed by atoms with van der Waals surface area (Å²) in [6, 6.07) is 16.0. The number of hydrogen-bond acceptors (Lipinski definition) is 8. The van der Waals surface area contributed by atoms with Crippen molar-refractivity contribution in [3.05, 3.63) is 82.4 Å². The van der Waals surface area contributed by atoms with E-state index in [1.54, 1.807) is 0 Å². The van der Waals surface area contributed by atoms with Gasteiger partial charge in [0.05, 0.1) is 24.2 Å². The van der Waals surface area contributed by atoms with E-state index in [1.165, 1.54) is 25.3 Å². The first-order chi connectivity index (χ1) is 18.8. The number of nitrogens with zero attached hydrogens (tertiary/aromatic N) is 2. The molecule has 0 aliphatic carbocycles. The van der Waals surface area contributed by atoms with E-state index in [0.717, 1.165) is 24.5 Å². The molecule has 4 heterocycles. The number of methoxy groups -OCH3 is 1. The number of carbonyl (C=O) groups is 3. The summed E-state index contributed by atoms with van der Waals surface area (Å²) in [6.07, 6.45) is 0. The molecule has 9 nitrogen and oxygen atoms in total. The second-order valence-corrected chi connectivity index (χ2v) is 10.7. The van der Waals surface area contributed by atoms with Gasteiger partial charge in [-0.1, -0.05) is 6.92 Å². The van der Waals surface area contributed by atoms with Crippen LogP contribution in [0.5, 0.6) is 11.5 Å². The van der Waals surface area contributed by atoms with Gasteiger partial charge < -0.3 is 29.1 Å². The summed E-state index contributed by atoms with van der Waals surface area (Å²) in [6.45, 7) is 5.16. The van der Waals surface area contributed by atoms with Crippen LogP contribution in [0.25, 0.3) is 0 Å². The molecule has 1 atom stereocenters. The van der Waals surface area contributed by atoms with Gasteiger partial charge in [-0.3, -0.25) is 4.79 Å². The molecule has 7 rings (SSSR count).